The van der Waals surface area contributed by atoms with Crippen LogP contribution in [0.1, 0.15) is 19.4 Å². The summed E-state index contributed by atoms with van der Waals surface area (Å²) in [5, 5.41) is 0. The molecule has 0 saturated heterocycles. The van der Waals surface area contributed by atoms with Gasteiger partial charge in [0.1, 0.15) is 0 Å². The van der Waals surface area contributed by atoms with E-state index in [9.17, 15) is 4.91 Å². The minimum absolute atomic E-state index is 0. The maximum absolute atomic E-state index is 11.2. The van der Waals surface area contributed by atoms with Gasteiger partial charge in [-0.2, -0.15) is 4.84 Å². The second-order valence-electron chi connectivity index (χ2n) is 4.11. The molecule has 0 radical (unpaired) electrons. The Morgan fingerprint density at radius 1 is 1.47 bits per heavy atom. The second kappa shape index (κ2) is 4.29. The van der Waals surface area contributed by atoms with Crippen LogP contribution >= 0.6 is 15.9 Å². The molecule has 1 heterocycles. The molecule has 76 valence electrons. The van der Waals surface area contributed by atoms with Gasteiger partial charge in [0.05, 0.1) is 10.3 Å². The average molecular weight is 265 g/mol. The molecule has 0 unspecified atom stereocenters. The van der Waals surface area contributed by atoms with Gasteiger partial charge in [-0.15, -0.1) is 0 Å². The predicted molar refractivity (Wildman–Crippen MR) is 63.4 cm³/mol. The molecule has 1 aliphatic heterocycles. The van der Waals surface area contributed by atoms with Crippen LogP contribution in [0, 0.1) is 4.91 Å². The number of benzene rings is 1. The zero-order chi connectivity index (χ0) is 10.3. The van der Waals surface area contributed by atoms with E-state index in [1.165, 1.54) is 0 Å². The topological polar surface area (TPSA) is 29.3 Å². The van der Waals surface area contributed by atoms with E-state index >= 15 is 0 Å². The number of nitrogens with zero attached hydrogens (tertiary/aromatic N) is 1. The quantitative estimate of drug-likeness (QED) is 0.673. The molecule has 5 heteroatoms. The molecule has 1 aromatic carbocycles. The summed E-state index contributed by atoms with van der Waals surface area (Å²) >= 11 is 3.41. The number of fused-ring (bicyclic) bond motifs is 1. The maximum atomic E-state index is 11.2. The molecule has 2 rings (SSSR count). The van der Waals surface area contributed by atoms with Crippen molar-refractivity contribution >= 4 is 34.8 Å². The summed E-state index contributed by atoms with van der Waals surface area (Å²) < 4.78 is 1.01. The van der Waals surface area contributed by atoms with Crippen LogP contribution in [0.4, 0.5) is 0 Å². The summed E-state index contributed by atoms with van der Waals surface area (Å²) in [4.78, 5) is 16.9. The Bertz CT molecular complexity index is 406. The van der Waals surface area contributed by atoms with E-state index in [1.54, 1.807) is 0 Å². The minimum atomic E-state index is -0.168. The normalized spacial score (nSPS) is 17.4. The monoisotopic (exact) mass is 264 g/mol. The van der Waals surface area contributed by atoms with Gasteiger partial charge >= 0.3 is 18.9 Å². The van der Waals surface area contributed by atoms with Crippen LogP contribution in [-0.2, 0) is 5.41 Å². The van der Waals surface area contributed by atoms with E-state index in [0.717, 1.165) is 10.0 Å². The Morgan fingerprint density at radius 3 is 2.80 bits per heavy atom. The van der Waals surface area contributed by atoms with Crippen LogP contribution in [0.2, 0.25) is 0 Å². The summed E-state index contributed by atoms with van der Waals surface area (Å²) in [5.41, 5.74) is 0.901. The van der Waals surface area contributed by atoms with Crippen molar-refractivity contribution in [2.75, 3.05) is 6.54 Å². The van der Waals surface area contributed by atoms with Crippen LogP contribution in [0.3, 0.4) is 0 Å². The molecular weight excluding hydrogens is 253 g/mol. The van der Waals surface area contributed by atoms with Crippen LogP contribution in [-0.4, -0.2) is 30.3 Å². The molecule has 1 aromatic rings. The molecule has 0 aliphatic carbocycles. The van der Waals surface area contributed by atoms with Crippen molar-refractivity contribution in [1.29, 1.82) is 0 Å². The van der Waals surface area contributed by atoms with Gasteiger partial charge in [0.2, 0.25) is 10.7 Å². The molecule has 0 spiro atoms. The summed E-state index contributed by atoms with van der Waals surface area (Å²) in [6.07, 6.45) is 0. The fourth-order valence-corrected chi connectivity index (χ4v) is 2.02. The average Bonchev–Trinajstić information content (AvgIpc) is 2.05. The third kappa shape index (κ3) is 2.44. The van der Waals surface area contributed by atoms with Gasteiger partial charge in [0.25, 0.3) is 6.54 Å². The Morgan fingerprint density at radius 2 is 2.13 bits per heavy atom. The van der Waals surface area contributed by atoms with Crippen molar-refractivity contribution in [1.82, 2.24) is 0 Å². The van der Waals surface area contributed by atoms with Gasteiger partial charge < -0.3 is 0 Å². The summed E-state index contributed by atoms with van der Waals surface area (Å²) in [5.74, 6) is 0.652. The van der Waals surface area contributed by atoms with Crippen molar-refractivity contribution in [2.45, 2.75) is 19.3 Å². The van der Waals surface area contributed by atoms with Gasteiger partial charge in [-0.1, -0.05) is 15.9 Å². The van der Waals surface area contributed by atoms with Gasteiger partial charge in [0.15, 0.2) is 0 Å². The standard InChI is InChI=1S/C10H11BrNO2.Li.H/c1-10(2)6-12(13)14-9-4-3-7(11)5-8(9)10;;/h3-5H,6H2,1-2H3;;/q+1;;. The molecule has 1 aliphatic rings. The van der Waals surface area contributed by atoms with E-state index in [4.69, 9.17) is 4.84 Å². The van der Waals surface area contributed by atoms with Crippen LogP contribution < -0.4 is 4.84 Å². The predicted octanol–water partition coefficient (Wildman–Crippen LogP) is 2.16. The molecule has 0 saturated carbocycles. The summed E-state index contributed by atoms with van der Waals surface area (Å²) in [6.45, 7) is 4.42. The third-order valence-electron chi connectivity index (χ3n) is 2.40. The molecule has 3 nitrogen and oxygen atoms in total. The van der Waals surface area contributed by atoms with Crippen molar-refractivity contribution < 1.29 is 9.76 Å². The van der Waals surface area contributed by atoms with Gasteiger partial charge in [-0.3, -0.25) is 0 Å². The van der Waals surface area contributed by atoms with Gasteiger partial charge in [-0.25, -0.2) is 0 Å². The Kier molecular flexibility index (Phi) is 3.65. The number of hydrogen-bond donors (Lipinski definition) is 0. The molecule has 0 N–H and O–H groups in total. The zero-order valence-electron chi connectivity index (χ0n) is 8.08. The van der Waals surface area contributed by atoms with E-state index in [-0.39, 0.29) is 24.3 Å². The second-order valence-corrected chi connectivity index (χ2v) is 5.02. The first-order valence-electron chi connectivity index (χ1n) is 4.42. The molecule has 0 amide bonds. The van der Waals surface area contributed by atoms with E-state index in [1.807, 2.05) is 32.0 Å². The Labute approximate surface area is 109 Å². The molecule has 0 bridgehead atoms. The van der Waals surface area contributed by atoms with E-state index < -0.39 is 0 Å². The van der Waals surface area contributed by atoms with Crippen molar-refractivity contribution in [3.8, 4) is 5.75 Å². The first-order valence-corrected chi connectivity index (χ1v) is 5.21. The van der Waals surface area contributed by atoms with E-state index in [2.05, 4.69) is 15.9 Å². The first kappa shape index (κ1) is 12.8. The SMILES string of the molecule is CC1(C)C[N+](=O)Oc2ccc(Br)cc21.[LiH]. The molecule has 0 fully saturated rings. The third-order valence-corrected chi connectivity index (χ3v) is 2.89. The number of hydrogen-bond acceptors (Lipinski definition) is 2. The molecule has 0 aromatic heterocycles. The number of halogens is 1. The van der Waals surface area contributed by atoms with Crippen LogP contribution in [0.25, 0.3) is 0 Å². The first-order chi connectivity index (χ1) is 6.49. The summed E-state index contributed by atoms with van der Waals surface area (Å²) in [6, 6.07) is 5.68. The zero-order valence-corrected chi connectivity index (χ0v) is 9.67. The van der Waals surface area contributed by atoms with Crippen LogP contribution in [0.15, 0.2) is 22.7 Å². The van der Waals surface area contributed by atoms with Crippen LogP contribution in [0.5, 0.6) is 5.75 Å². The molecular formula is C10H12BrLiNO2+. The van der Waals surface area contributed by atoms with Crippen molar-refractivity contribution in [3.05, 3.63) is 33.1 Å². The van der Waals surface area contributed by atoms with Crippen molar-refractivity contribution in [3.63, 3.8) is 0 Å². The Balaban J connectivity index is 0.00000112. The Hall–Kier alpha value is -0.303. The van der Waals surface area contributed by atoms with E-state index in [0.29, 0.717) is 17.2 Å². The van der Waals surface area contributed by atoms with Gasteiger partial charge in [-0.05, 0) is 32.0 Å². The molecule has 0 atom stereocenters. The fraction of sp³-hybridized carbons (Fsp3) is 0.400. The summed E-state index contributed by atoms with van der Waals surface area (Å²) in [7, 11) is 0. The fourth-order valence-electron chi connectivity index (χ4n) is 1.66. The van der Waals surface area contributed by atoms with Crippen molar-refractivity contribution in [2.24, 2.45) is 0 Å². The molecule has 15 heavy (non-hydrogen) atoms. The van der Waals surface area contributed by atoms with Gasteiger partial charge in [0, 0.05) is 10.0 Å². The number of rotatable bonds is 0.